The fourth-order valence-electron chi connectivity index (χ4n) is 0.702. The molecule has 0 aliphatic carbocycles. The minimum atomic E-state index is -0.249. The summed E-state index contributed by atoms with van der Waals surface area (Å²) in [6, 6.07) is 0. The third-order valence-electron chi connectivity index (χ3n) is 1.31. The molecule has 0 atom stereocenters. The quantitative estimate of drug-likeness (QED) is 0.592. The van der Waals surface area contributed by atoms with Crippen molar-refractivity contribution in [1.82, 2.24) is 10.2 Å². The molecule has 0 aromatic heterocycles. The number of amides is 2. The summed E-state index contributed by atoms with van der Waals surface area (Å²) in [7, 11) is 1.55. The summed E-state index contributed by atoms with van der Waals surface area (Å²) in [5, 5.41) is 2.59. The van der Waals surface area contributed by atoms with Gasteiger partial charge in [-0.1, -0.05) is 6.58 Å². The lowest BCUT2D eigenvalue weighted by molar-refractivity contribution is -0.131. The molecule has 0 aliphatic heterocycles. The van der Waals surface area contributed by atoms with Crippen molar-refractivity contribution in [3.8, 4) is 0 Å². The van der Waals surface area contributed by atoms with Gasteiger partial charge in [0.2, 0.25) is 11.8 Å². The third-order valence-corrected chi connectivity index (χ3v) is 1.31. The van der Waals surface area contributed by atoms with E-state index in [9.17, 15) is 9.59 Å². The highest BCUT2D eigenvalue weighted by atomic mass is 16.2. The lowest BCUT2D eigenvalue weighted by Gasteiger charge is -2.13. The van der Waals surface area contributed by atoms with Crippen LogP contribution in [0.2, 0.25) is 0 Å². The van der Waals surface area contributed by atoms with Gasteiger partial charge in [-0.05, 0) is 13.0 Å². The lowest BCUT2D eigenvalue weighted by Crippen LogP contribution is -2.37. The number of rotatable bonds is 4. The predicted octanol–water partition coefficient (Wildman–Crippen LogP) is -0.233. The van der Waals surface area contributed by atoms with Gasteiger partial charge >= 0.3 is 0 Å². The van der Waals surface area contributed by atoms with E-state index in [0.717, 1.165) is 0 Å². The van der Waals surface area contributed by atoms with Crippen molar-refractivity contribution in [1.29, 1.82) is 0 Å². The summed E-state index contributed by atoms with van der Waals surface area (Å²) >= 11 is 0. The van der Waals surface area contributed by atoms with E-state index >= 15 is 0 Å². The van der Waals surface area contributed by atoms with Crippen LogP contribution in [-0.4, -0.2) is 36.9 Å². The van der Waals surface area contributed by atoms with Gasteiger partial charge in [-0.15, -0.1) is 0 Å². The molecule has 0 fully saturated rings. The number of carbonyl (C=O) groups excluding carboxylic acids is 2. The van der Waals surface area contributed by atoms with Crippen LogP contribution < -0.4 is 5.32 Å². The largest absolute Gasteiger partial charge is 0.355 e. The van der Waals surface area contributed by atoms with E-state index in [1.807, 2.05) is 6.92 Å². The Labute approximate surface area is 72.2 Å². The van der Waals surface area contributed by atoms with Gasteiger partial charge in [0.05, 0.1) is 6.54 Å². The Balaban J connectivity index is 3.83. The number of nitrogens with zero attached hydrogens (tertiary/aromatic N) is 1. The maximum Gasteiger partial charge on any atom is 0.246 e. The molecule has 0 aromatic carbocycles. The first-order chi connectivity index (χ1) is 5.61. The van der Waals surface area contributed by atoms with Crippen molar-refractivity contribution < 1.29 is 9.59 Å². The molecule has 0 aromatic rings. The van der Waals surface area contributed by atoms with Gasteiger partial charge in [0.25, 0.3) is 0 Å². The van der Waals surface area contributed by atoms with Crippen LogP contribution in [0.25, 0.3) is 0 Å². The molecule has 4 heteroatoms. The summed E-state index contributed by atoms with van der Waals surface area (Å²) in [6.45, 7) is 5.80. The van der Waals surface area contributed by atoms with Crippen molar-refractivity contribution in [2.45, 2.75) is 6.92 Å². The highest BCUT2D eigenvalue weighted by Gasteiger charge is 2.07. The molecule has 12 heavy (non-hydrogen) atoms. The van der Waals surface area contributed by atoms with Gasteiger partial charge < -0.3 is 10.2 Å². The van der Waals surface area contributed by atoms with E-state index in [4.69, 9.17) is 0 Å². The molecule has 0 bridgehead atoms. The molecule has 0 spiro atoms. The Morgan fingerprint density at radius 1 is 1.58 bits per heavy atom. The molecule has 0 saturated heterocycles. The SMILES string of the molecule is C=CC(=O)N(C)CC(=O)NCC. The van der Waals surface area contributed by atoms with Crippen LogP contribution in [0.15, 0.2) is 12.7 Å². The summed E-state index contributed by atoms with van der Waals surface area (Å²) in [4.78, 5) is 23.1. The fourth-order valence-corrected chi connectivity index (χ4v) is 0.702. The predicted molar refractivity (Wildman–Crippen MR) is 46.5 cm³/mol. The average molecular weight is 170 g/mol. The minimum Gasteiger partial charge on any atom is -0.355 e. The second-order valence-corrected chi connectivity index (χ2v) is 2.35. The number of hydrogen-bond acceptors (Lipinski definition) is 2. The third kappa shape index (κ3) is 3.75. The summed E-state index contributed by atoms with van der Waals surface area (Å²) < 4.78 is 0. The van der Waals surface area contributed by atoms with E-state index in [0.29, 0.717) is 6.54 Å². The van der Waals surface area contributed by atoms with Crippen LogP contribution in [0.4, 0.5) is 0 Å². The van der Waals surface area contributed by atoms with Gasteiger partial charge in [-0.2, -0.15) is 0 Å². The zero-order chi connectivity index (χ0) is 9.56. The van der Waals surface area contributed by atoms with Gasteiger partial charge in [0.1, 0.15) is 0 Å². The van der Waals surface area contributed by atoms with E-state index in [2.05, 4.69) is 11.9 Å². The molecule has 1 N–H and O–H groups in total. The van der Waals surface area contributed by atoms with Crippen molar-refractivity contribution in [3.05, 3.63) is 12.7 Å². The Morgan fingerprint density at radius 2 is 2.17 bits per heavy atom. The fraction of sp³-hybridized carbons (Fsp3) is 0.500. The van der Waals surface area contributed by atoms with E-state index in [1.165, 1.54) is 11.0 Å². The molecule has 0 radical (unpaired) electrons. The van der Waals surface area contributed by atoms with Gasteiger partial charge in [0, 0.05) is 13.6 Å². The Hall–Kier alpha value is -1.32. The Kier molecular flexibility index (Phi) is 4.76. The highest BCUT2D eigenvalue weighted by Crippen LogP contribution is 1.84. The monoisotopic (exact) mass is 170 g/mol. The summed E-state index contributed by atoms with van der Waals surface area (Å²) in [5.74, 6) is -0.406. The second-order valence-electron chi connectivity index (χ2n) is 2.35. The van der Waals surface area contributed by atoms with Gasteiger partial charge in [-0.25, -0.2) is 0 Å². The standard InChI is InChI=1S/C8H14N2O2/c1-4-8(12)10(3)6-7(11)9-5-2/h4H,1,5-6H2,2-3H3,(H,9,11). The average Bonchev–Trinajstić information content (AvgIpc) is 2.03. The first kappa shape index (κ1) is 10.7. The highest BCUT2D eigenvalue weighted by molar-refractivity contribution is 5.90. The number of carbonyl (C=O) groups is 2. The molecule has 2 amide bonds. The van der Waals surface area contributed by atoms with Crippen LogP contribution in [0.5, 0.6) is 0 Å². The first-order valence-corrected chi connectivity index (χ1v) is 3.76. The Bertz CT molecular complexity index is 189. The molecule has 0 aliphatic rings. The lowest BCUT2D eigenvalue weighted by atomic mass is 10.4. The zero-order valence-corrected chi connectivity index (χ0v) is 7.46. The van der Waals surface area contributed by atoms with Crippen molar-refractivity contribution in [2.24, 2.45) is 0 Å². The molecule has 0 saturated carbocycles. The minimum absolute atomic E-state index is 0.0820. The molecule has 0 rings (SSSR count). The summed E-state index contributed by atoms with van der Waals surface area (Å²) in [6.07, 6.45) is 1.18. The summed E-state index contributed by atoms with van der Waals surface area (Å²) in [5.41, 5.74) is 0. The van der Waals surface area contributed by atoms with E-state index in [-0.39, 0.29) is 18.4 Å². The second kappa shape index (κ2) is 5.35. The molecular weight excluding hydrogens is 156 g/mol. The van der Waals surface area contributed by atoms with Crippen LogP contribution in [-0.2, 0) is 9.59 Å². The normalized spacial score (nSPS) is 8.83. The van der Waals surface area contributed by atoms with E-state index in [1.54, 1.807) is 7.05 Å². The van der Waals surface area contributed by atoms with Gasteiger partial charge in [-0.3, -0.25) is 9.59 Å². The molecule has 68 valence electrons. The number of hydrogen-bond donors (Lipinski definition) is 1. The van der Waals surface area contributed by atoms with Crippen molar-refractivity contribution >= 4 is 11.8 Å². The molecular formula is C8H14N2O2. The van der Waals surface area contributed by atoms with Crippen LogP contribution in [0.1, 0.15) is 6.92 Å². The van der Waals surface area contributed by atoms with E-state index < -0.39 is 0 Å². The number of nitrogens with one attached hydrogen (secondary N) is 1. The topological polar surface area (TPSA) is 49.4 Å². The zero-order valence-electron chi connectivity index (χ0n) is 7.46. The maximum absolute atomic E-state index is 10.9. The Morgan fingerprint density at radius 3 is 2.58 bits per heavy atom. The first-order valence-electron chi connectivity index (χ1n) is 3.76. The van der Waals surface area contributed by atoms with Crippen LogP contribution >= 0.6 is 0 Å². The molecule has 4 nitrogen and oxygen atoms in total. The van der Waals surface area contributed by atoms with Crippen LogP contribution in [0.3, 0.4) is 0 Å². The number of likely N-dealkylation sites (N-methyl/N-ethyl adjacent to an activating group) is 2. The van der Waals surface area contributed by atoms with Crippen molar-refractivity contribution in [2.75, 3.05) is 20.1 Å². The molecule has 0 unspecified atom stereocenters. The van der Waals surface area contributed by atoms with Crippen molar-refractivity contribution in [3.63, 3.8) is 0 Å². The maximum atomic E-state index is 10.9. The smallest absolute Gasteiger partial charge is 0.246 e. The molecule has 0 heterocycles. The van der Waals surface area contributed by atoms with Crippen LogP contribution in [0, 0.1) is 0 Å². The van der Waals surface area contributed by atoms with Gasteiger partial charge in [0.15, 0.2) is 0 Å².